The number of hydrogen-bond donors (Lipinski definition) is 0. The molecule has 0 aromatic heterocycles. The minimum Gasteiger partial charge on any atom is -0.274 e. The molecule has 1 saturated carbocycles. The van der Waals surface area contributed by atoms with Crippen molar-refractivity contribution in [3.05, 3.63) is 29.3 Å². The number of nitrogens with zero attached hydrogens (tertiary/aromatic N) is 1. The highest BCUT2D eigenvalue weighted by Crippen LogP contribution is 2.61. The van der Waals surface area contributed by atoms with Gasteiger partial charge in [0.1, 0.15) is 0 Å². The maximum atomic E-state index is 12.8. The summed E-state index contributed by atoms with van der Waals surface area (Å²) in [6, 6.07) is 6.06. The van der Waals surface area contributed by atoms with Gasteiger partial charge < -0.3 is 0 Å². The number of benzene rings is 1. The first-order chi connectivity index (χ1) is 9.05. The fourth-order valence-corrected chi connectivity index (χ4v) is 4.28. The van der Waals surface area contributed by atoms with E-state index in [0.717, 1.165) is 36.1 Å². The summed E-state index contributed by atoms with van der Waals surface area (Å²) in [6.45, 7) is 3.98. The van der Waals surface area contributed by atoms with E-state index in [4.69, 9.17) is 0 Å². The van der Waals surface area contributed by atoms with Crippen LogP contribution in [0.5, 0.6) is 0 Å². The van der Waals surface area contributed by atoms with E-state index in [9.17, 15) is 9.59 Å². The van der Waals surface area contributed by atoms with Crippen LogP contribution in [0.1, 0.15) is 30.9 Å². The van der Waals surface area contributed by atoms with Crippen molar-refractivity contribution in [1.82, 2.24) is 0 Å². The summed E-state index contributed by atoms with van der Waals surface area (Å²) < 4.78 is 0. The summed E-state index contributed by atoms with van der Waals surface area (Å²) in [5.74, 6) is 0.373. The van der Waals surface area contributed by atoms with Crippen LogP contribution in [-0.4, -0.2) is 11.8 Å². The van der Waals surface area contributed by atoms with Gasteiger partial charge in [-0.05, 0) is 50.2 Å². The van der Waals surface area contributed by atoms with Gasteiger partial charge in [-0.25, -0.2) is 4.90 Å². The Hall–Kier alpha value is -1.64. The average Bonchev–Trinajstić information content (AvgIpc) is 2.57. The van der Waals surface area contributed by atoms with Crippen molar-refractivity contribution in [2.45, 2.75) is 33.1 Å². The molecule has 3 atom stereocenters. The molecule has 1 saturated heterocycles. The van der Waals surface area contributed by atoms with Gasteiger partial charge in [0.05, 0.1) is 17.0 Å². The normalized spacial score (nSPS) is 35.6. The summed E-state index contributed by atoms with van der Waals surface area (Å²) in [4.78, 5) is 26.8. The van der Waals surface area contributed by atoms with E-state index < -0.39 is 5.41 Å². The van der Waals surface area contributed by atoms with Crippen LogP contribution >= 0.6 is 0 Å². The van der Waals surface area contributed by atoms with E-state index >= 15 is 0 Å². The summed E-state index contributed by atoms with van der Waals surface area (Å²) in [5, 5.41) is 0. The third kappa shape index (κ3) is 1.10. The number of carbonyl (C=O) groups is 2. The van der Waals surface area contributed by atoms with Crippen LogP contribution in [-0.2, 0) is 16.0 Å². The molecular formula is C16H17NO2. The Morgan fingerprint density at radius 2 is 2.11 bits per heavy atom. The standard InChI is InChI=1S/C16H17NO2/c1-9-4-3-5-10-6-7-11-8-12-14(18)17(13(9)10)15(19)16(11,12)2/h3-5,11-12H,6-8H2,1-2H3/t11-,12-,16-/m0/s1. The Bertz CT molecular complexity index is 621. The maximum Gasteiger partial charge on any atom is 0.240 e. The van der Waals surface area contributed by atoms with E-state index in [-0.39, 0.29) is 17.7 Å². The SMILES string of the molecule is Cc1cccc2c1N1C(=O)[C@@H]3C[C@H](CC2)[C@]3(C)C1=O. The van der Waals surface area contributed by atoms with E-state index in [1.165, 1.54) is 4.90 Å². The summed E-state index contributed by atoms with van der Waals surface area (Å²) in [7, 11) is 0. The molecule has 3 nitrogen and oxygen atoms in total. The number of carbonyl (C=O) groups excluding carboxylic acids is 2. The first kappa shape index (κ1) is 11.2. The Morgan fingerprint density at radius 1 is 1.32 bits per heavy atom. The van der Waals surface area contributed by atoms with Gasteiger partial charge in [-0.15, -0.1) is 0 Å². The van der Waals surface area contributed by atoms with E-state index in [1.807, 2.05) is 26.0 Å². The number of imide groups is 1. The number of rotatable bonds is 0. The quantitative estimate of drug-likeness (QED) is 0.668. The third-order valence-corrected chi connectivity index (χ3v) is 5.58. The molecule has 3 heteroatoms. The van der Waals surface area contributed by atoms with Gasteiger partial charge in [-0.1, -0.05) is 18.2 Å². The highest BCUT2D eigenvalue weighted by Gasteiger charge is 2.67. The number of aryl methyl sites for hydroxylation is 2. The minimum absolute atomic E-state index is 0.0289. The monoisotopic (exact) mass is 255 g/mol. The van der Waals surface area contributed by atoms with Crippen LogP contribution in [0.3, 0.4) is 0 Å². The van der Waals surface area contributed by atoms with Crippen LogP contribution in [0, 0.1) is 24.2 Å². The lowest BCUT2D eigenvalue weighted by Gasteiger charge is -2.46. The van der Waals surface area contributed by atoms with E-state index in [2.05, 4.69) is 6.07 Å². The number of anilines is 1. The molecule has 1 aromatic carbocycles. The predicted octanol–water partition coefficient (Wildman–Crippen LogP) is 2.46. The lowest BCUT2D eigenvalue weighted by Crippen LogP contribution is -2.50. The van der Waals surface area contributed by atoms with E-state index in [1.54, 1.807) is 0 Å². The van der Waals surface area contributed by atoms with E-state index in [0.29, 0.717) is 5.92 Å². The molecule has 19 heavy (non-hydrogen) atoms. The van der Waals surface area contributed by atoms with Gasteiger partial charge in [0.15, 0.2) is 0 Å². The smallest absolute Gasteiger partial charge is 0.240 e. The van der Waals surface area contributed by atoms with Crippen LogP contribution in [0.4, 0.5) is 5.69 Å². The molecular weight excluding hydrogens is 238 g/mol. The minimum atomic E-state index is -0.420. The molecule has 0 radical (unpaired) electrons. The fourth-order valence-electron chi connectivity index (χ4n) is 4.28. The van der Waals surface area contributed by atoms with Gasteiger partial charge in [0, 0.05) is 0 Å². The van der Waals surface area contributed by atoms with Gasteiger partial charge in [-0.2, -0.15) is 0 Å². The molecule has 2 bridgehead atoms. The molecule has 2 amide bonds. The molecule has 0 N–H and O–H groups in total. The van der Waals surface area contributed by atoms with Crippen LogP contribution < -0.4 is 4.90 Å². The second-order valence-corrected chi connectivity index (χ2v) is 6.37. The zero-order chi connectivity index (χ0) is 13.4. The molecule has 2 heterocycles. The fraction of sp³-hybridized carbons (Fsp3) is 0.500. The van der Waals surface area contributed by atoms with Crippen molar-refractivity contribution in [1.29, 1.82) is 0 Å². The Labute approximate surface area is 112 Å². The molecule has 0 unspecified atom stereocenters. The second-order valence-electron chi connectivity index (χ2n) is 6.37. The molecule has 1 aliphatic carbocycles. The van der Waals surface area contributed by atoms with Crippen molar-refractivity contribution in [2.24, 2.45) is 17.3 Å². The van der Waals surface area contributed by atoms with Crippen molar-refractivity contribution in [2.75, 3.05) is 4.90 Å². The summed E-state index contributed by atoms with van der Waals surface area (Å²) in [6.07, 6.45) is 2.89. The van der Waals surface area contributed by atoms with Gasteiger partial charge in [0.2, 0.25) is 11.8 Å². The zero-order valence-corrected chi connectivity index (χ0v) is 11.3. The molecule has 4 rings (SSSR count). The molecule has 0 spiro atoms. The third-order valence-electron chi connectivity index (χ3n) is 5.58. The van der Waals surface area contributed by atoms with Crippen molar-refractivity contribution in [3.8, 4) is 0 Å². The van der Waals surface area contributed by atoms with Gasteiger partial charge in [0.25, 0.3) is 0 Å². The summed E-state index contributed by atoms with van der Waals surface area (Å²) in [5.41, 5.74) is 2.63. The predicted molar refractivity (Wildman–Crippen MR) is 71.7 cm³/mol. The zero-order valence-electron chi connectivity index (χ0n) is 11.3. The number of amides is 2. The second kappa shape index (κ2) is 3.27. The van der Waals surface area contributed by atoms with Crippen LogP contribution in [0.15, 0.2) is 18.2 Å². The number of para-hydroxylation sites is 1. The largest absolute Gasteiger partial charge is 0.274 e. The van der Waals surface area contributed by atoms with Crippen molar-refractivity contribution >= 4 is 17.5 Å². The maximum absolute atomic E-state index is 12.8. The van der Waals surface area contributed by atoms with Crippen molar-refractivity contribution < 1.29 is 9.59 Å². The Kier molecular flexibility index (Phi) is 1.93. The number of fused-ring (bicyclic) bond motifs is 3. The first-order valence-electron chi connectivity index (χ1n) is 7.02. The van der Waals surface area contributed by atoms with Crippen LogP contribution in [0.25, 0.3) is 0 Å². The lowest BCUT2D eigenvalue weighted by molar-refractivity contribution is -0.142. The molecule has 1 aromatic rings. The molecule has 2 fully saturated rings. The van der Waals surface area contributed by atoms with Crippen LogP contribution in [0.2, 0.25) is 0 Å². The first-order valence-corrected chi connectivity index (χ1v) is 7.02. The van der Waals surface area contributed by atoms with Crippen molar-refractivity contribution in [3.63, 3.8) is 0 Å². The average molecular weight is 255 g/mol. The highest BCUT2D eigenvalue weighted by atomic mass is 16.2. The number of hydrogen-bond acceptors (Lipinski definition) is 2. The Morgan fingerprint density at radius 3 is 2.89 bits per heavy atom. The molecule has 2 aliphatic heterocycles. The summed E-state index contributed by atoms with van der Waals surface area (Å²) >= 11 is 0. The molecule has 98 valence electrons. The lowest BCUT2D eigenvalue weighted by atomic mass is 9.53. The molecule has 3 aliphatic rings. The van der Waals surface area contributed by atoms with Gasteiger partial charge >= 0.3 is 0 Å². The highest BCUT2D eigenvalue weighted by molar-refractivity contribution is 6.25. The topological polar surface area (TPSA) is 37.4 Å². The van der Waals surface area contributed by atoms with Gasteiger partial charge in [-0.3, -0.25) is 9.59 Å². The Balaban J connectivity index is 1.98.